The summed E-state index contributed by atoms with van der Waals surface area (Å²) in [5.41, 5.74) is 17.6. The van der Waals surface area contributed by atoms with Crippen LogP contribution in [0.1, 0.15) is 5.56 Å². The maximum atomic E-state index is 5.72. The summed E-state index contributed by atoms with van der Waals surface area (Å²) < 4.78 is 5.72. The van der Waals surface area contributed by atoms with Crippen LogP contribution in [0.15, 0.2) is 58.8 Å². The number of aliphatic imine (C=N–C) groups is 2. The van der Waals surface area contributed by atoms with Gasteiger partial charge in [-0.25, -0.2) is 4.99 Å². The van der Waals surface area contributed by atoms with Crippen LogP contribution in [0.5, 0.6) is 5.75 Å². The molecule has 0 bridgehead atoms. The van der Waals surface area contributed by atoms with Crippen molar-refractivity contribution in [1.82, 2.24) is 4.98 Å². The molecular weight excluding hydrogens is 268 g/mol. The van der Waals surface area contributed by atoms with E-state index in [1.165, 1.54) is 0 Å². The molecule has 0 aliphatic heterocycles. The van der Waals surface area contributed by atoms with Gasteiger partial charge < -0.3 is 21.9 Å². The fourth-order valence-corrected chi connectivity index (χ4v) is 1.60. The molecule has 0 unspecified atom stereocenters. The van der Waals surface area contributed by atoms with Gasteiger partial charge >= 0.3 is 0 Å². The van der Waals surface area contributed by atoms with E-state index >= 15 is 0 Å². The van der Waals surface area contributed by atoms with Gasteiger partial charge in [-0.05, 0) is 18.2 Å². The Hall–Kier alpha value is -3.09. The molecule has 1 aromatic carbocycles. The second kappa shape index (κ2) is 6.90. The van der Waals surface area contributed by atoms with Crippen molar-refractivity contribution in [3.63, 3.8) is 0 Å². The minimum Gasteiger partial charge on any atom is -0.487 e. The van der Waals surface area contributed by atoms with E-state index in [4.69, 9.17) is 21.9 Å². The van der Waals surface area contributed by atoms with E-state index in [0.717, 1.165) is 5.56 Å². The maximum Gasteiger partial charge on any atom is 0.223 e. The second-order valence-electron chi connectivity index (χ2n) is 4.12. The molecule has 1 heterocycles. The number of pyridine rings is 1. The largest absolute Gasteiger partial charge is 0.487 e. The molecule has 21 heavy (non-hydrogen) atoms. The molecule has 108 valence electrons. The van der Waals surface area contributed by atoms with E-state index in [-0.39, 0.29) is 11.9 Å². The Bertz CT molecular complexity index is 650. The smallest absolute Gasteiger partial charge is 0.223 e. The zero-order valence-electron chi connectivity index (χ0n) is 11.3. The molecule has 0 amide bonds. The van der Waals surface area contributed by atoms with Crippen LogP contribution in [0.3, 0.4) is 0 Å². The van der Waals surface area contributed by atoms with Gasteiger partial charge in [0.05, 0.1) is 0 Å². The first kappa shape index (κ1) is 14.3. The van der Waals surface area contributed by atoms with Crippen molar-refractivity contribution in [2.24, 2.45) is 27.2 Å². The number of benzene rings is 1. The lowest BCUT2D eigenvalue weighted by molar-refractivity contribution is 0.307. The van der Waals surface area contributed by atoms with Gasteiger partial charge in [-0.3, -0.25) is 4.98 Å². The molecule has 1 aromatic heterocycles. The lowest BCUT2D eigenvalue weighted by Gasteiger charge is -2.08. The van der Waals surface area contributed by atoms with Gasteiger partial charge in [0.2, 0.25) is 5.96 Å². The molecule has 0 aliphatic rings. The highest BCUT2D eigenvalue weighted by Crippen LogP contribution is 2.27. The Morgan fingerprint density at radius 1 is 1.10 bits per heavy atom. The number of aromatic nitrogens is 1. The molecule has 7 heteroatoms. The third kappa shape index (κ3) is 4.50. The average Bonchev–Trinajstić information content (AvgIpc) is 2.46. The number of ether oxygens (including phenoxy) is 1. The fourth-order valence-electron chi connectivity index (χ4n) is 1.60. The van der Waals surface area contributed by atoms with Gasteiger partial charge in [0.15, 0.2) is 5.96 Å². The summed E-state index contributed by atoms with van der Waals surface area (Å²) in [5, 5.41) is 0. The Morgan fingerprint density at radius 3 is 2.62 bits per heavy atom. The normalized spacial score (nSPS) is 11.0. The van der Waals surface area contributed by atoms with E-state index in [1.807, 2.05) is 24.3 Å². The van der Waals surface area contributed by atoms with Gasteiger partial charge in [-0.15, -0.1) is 0 Å². The predicted octanol–water partition coefficient (Wildman–Crippen LogP) is 0.880. The quantitative estimate of drug-likeness (QED) is 0.567. The van der Waals surface area contributed by atoms with Crippen LogP contribution in [0.4, 0.5) is 5.69 Å². The van der Waals surface area contributed by atoms with E-state index in [0.29, 0.717) is 18.0 Å². The van der Waals surface area contributed by atoms with Crippen LogP contribution >= 0.6 is 0 Å². The highest BCUT2D eigenvalue weighted by Gasteiger charge is 2.03. The zero-order chi connectivity index (χ0) is 15.1. The molecule has 0 radical (unpaired) electrons. The van der Waals surface area contributed by atoms with E-state index < -0.39 is 0 Å². The van der Waals surface area contributed by atoms with Gasteiger partial charge in [-0.2, -0.15) is 4.99 Å². The van der Waals surface area contributed by atoms with E-state index in [2.05, 4.69) is 15.0 Å². The lowest BCUT2D eigenvalue weighted by Crippen LogP contribution is -2.26. The summed E-state index contributed by atoms with van der Waals surface area (Å²) in [5.74, 6) is 0.396. The van der Waals surface area contributed by atoms with Crippen molar-refractivity contribution in [2.75, 3.05) is 0 Å². The fraction of sp³-hybridized carbons (Fsp3) is 0.0714. The number of hydrogen-bond acceptors (Lipinski definition) is 3. The van der Waals surface area contributed by atoms with Crippen molar-refractivity contribution in [3.05, 3.63) is 54.4 Å². The first-order chi connectivity index (χ1) is 10.1. The van der Waals surface area contributed by atoms with E-state index in [9.17, 15) is 0 Å². The van der Waals surface area contributed by atoms with E-state index in [1.54, 1.807) is 24.5 Å². The molecule has 0 fully saturated rings. The first-order valence-electron chi connectivity index (χ1n) is 6.19. The number of nitrogens with zero attached hydrogens (tertiary/aromatic N) is 3. The van der Waals surface area contributed by atoms with Gasteiger partial charge in [0.25, 0.3) is 0 Å². The standard InChI is InChI=1S/C14H16N6O/c15-13(16)20-14(17)19-11-5-1-2-6-12(11)21-9-10-4-3-7-18-8-10/h1-8H,9H2,(H6,15,16,17,19,20). The molecule has 7 nitrogen and oxygen atoms in total. The minimum absolute atomic E-state index is 0.0348. The summed E-state index contributed by atoms with van der Waals surface area (Å²) in [7, 11) is 0. The summed E-state index contributed by atoms with van der Waals surface area (Å²) in [6, 6.07) is 11.0. The van der Waals surface area contributed by atoms with Gasteiger partial charge in [-0.1, -0.05) is 18.2 Å². The van der Waals surface area contributed by atoms with Crippen LogP contribution < -0.4 is 21.9 Å². The molecule has 2 rings (SSSR count). The average molecular weight is 284 g/mol. The van der Waals surface area contributed by atoms with Crippen LogP contribution in [0, 0.1) is 0 Å². The third-order valence-electron chi connectivity index (χ3n) is 2.46. The molecular formula is C14H16N6O. The molecule has 6 N–H and O–H groups in total. The highest BCUT2D eigenvalue weighted by molar-refractivity contribution is 5.93. The van der Waals surface area contributed by atoms with Crippen LogP contribution in [0.25, 0.3) is 0 Å². The van der Waals surface area contributed by atoms with Crippen molar-refractivity contribution in [3.8, 4) is 5.75 Å². The Balaban J connectivity index is 2.15. The third-order valence-corrected chi connectivity index (χ3v) is 2.46. The Morgan fingerprint density at radius 2 is 1.90 bits per heavy atom. The van der Waals surface area contributed by atoms with Gasteiger partial charge in [0, 0.05) is 18.0 Å². The molecule has 0 atom stereocenters. The van der Waals surface area contributed by atoms with Crippen LogP contribution in [-0.2, 0) is 6.61 Å². The summed E-state index contributed by atoms with van der Waals surface area (Å²) in [6.45, 7) is 0.378. The van der Waals surface area contributed by atoms with Gasteiger partial charge in [0.1, 0.15) is 18.0 Å². The zero-order valence-corrected chi connectivity index (χ0v) is 11.3. The minimum atomic E-state index is -0.148. The summed E-state index contributed by atoms with van der Waals surface area (Å²) in [4.78, 5) is 11.8. The number of rotatable bonds is 4. The summed E-state index contributed by atoms with van der Waals surface area (Å²) >= 11 is 0. The molecule has 0 spiro atoms. The summed E-state index contributed by atoms with van der Waals surface area (Å²) in [6.07, 6.45) is 3.44. The molecule has 0 aliphatic carbocycles. The number of guanidine groups is 2. The molecule has 0 saturated carbocycles. The van der Waals surface area contributed by atoms with Crippen LogP contribution in [0.2, 0.25) is 0 Å². The monoisotopic (exact) mass is 284 g/mol. The topological polar surface area (TPSA) is 125 Å². The maximum absolute atomic E-state index is 5.72. The Labute approximate surface area is 122 Å². The number of nitrogens with two attached hydrogens (primary N) is 3. The van der Waals surface area contributed by atoms with Crippen molar-refractivity contribution in [2.45, 2.75) is 6.61 Å². The number of hydrogen-bond donors (Lipinski definition) is 3. The Kier molecular flexibility index (Phi) is 4.70. The molecule has 0 saturated heterocycles. The van der Waals surface area contributed by atoms with Crippen LogP contribution in [-0.4, -0.2) is 16.9 Å². The predicted molar refractivity (Wildman–Crippen MR) is 82.1 cm³/mol. The van der Waals surface area contributed by atoms with Crippen molar-refractivity contribution >= 4 is 17.6 Å². The van der Waals surface area contributed by atoms with Crippen molar-refractivity contribution < 1.29 is 4.74 Å². The van der Waals surface area contributed by atoms with Crippen molar-refractivity contribution in [1.29, 1.82) is 0 Å². The molecule has 2 aromatic rings. The SMILES string of the molecule is NC(N)=NC(N)=Nc1ccccc1OCc1cccnc1. The first-order valence-corrected chi connectivity index (χ1v) is 6.19. The highest BCUT2D eigenvalue weighted by atomic mass is 16.5. The second-order valence-corrected chi connectivity index (χ2v) is 4.12. The number of para-hydroxylation sites is 2. The lowest BCUT2D eigenvalue weighted by atomic mass is 10.3.